The molecule has 4 heterocycles. The highest BCUT2D eigenvalue weighted by Crippen LogP contribution is 2.34. The van der Waals surface area contributed by atoms with E-state index < -0.39 is 6.03 Å². The summed E-state index contributed by atoms with van der Waals surface area (Å²) in [6.45, 7) is 6.30. The van der Waals surface area contributed by atoms with E-state index in [-0.39, 0.29) is 18.4 Å². The van der Waals surface area contributed by atoms with E-state index in [9.17, 15) is 14.4 Å². The van der Waals surface area contributed by atoms with Crippen LogP contribution in [-0.4, -0.2) is 72.0 Å². The van der Waals surface area contributed by atoms with Gasteiger partial charge < -0.3 is 14.5 Å². The number of amides is 4. The molecule has 194 valence electrons. The van der Waals surface area contributed by atoms with Gasteiger partial charge in [0.15, 0.2) is 5.82 Å². The number of rotatable bonds is 5. The second kappa shape index (κ2) is 10.4. The molecule has 0 saturated carbocycles. The highest BCUT2D eigenvalue weighted by atomic mass is 16.6. The average molecular weight is 497 g/mol. The van der Waals surface area contributed by atoms with E-state index in [1.807, 2.05) is 29.6 Å². The van der Waals surface area contributed by atoms with Crippen molar-refractivity contribution in [3.63, 3.8) is 0 Å². The Balaban J connectivity index is 1.17. The predicted octanol–water partition coefficient (Wildman–Crippen LogP) is 3.49. The number of piperidine rings is 2. The maximum atomic E-state index is 12.3. The number of aryl methyl sites for hydroxylation is 1. The fourth-order valence-electron chi connectivity index (χ4n) is 5.85. The van der Waals surface area contributed by atoms with E-state index in [1.165, 1.54) is 24.9 Å². The summed E-state index contributed by atoms with van der Waals surface area (Å²) in [5.74, 6) is 1.77. The summed E-state index contributed by atoms with van der Waals surface area (Å²) < 4.78 is 6.95. The Morgan fingerprint density at radius 2 is 1.75 bits per heavy atom. The highest BCUT2D eigenvalue weighted by molar-refractivity contribution is 6.09. The topological polar surface area (TPSA) is 100 Å². The van der Waals surface area contributed by atoms with Gasteiger partial charge in [-0.2, -0.15) is 5.10 Å². The summed E-state index contributed by atoms with van der Waals surface area (Å²) in [6.07, 6.45) is 5.85. The van der Waals surface area contributed by atoms with Gasteiger partial charge in [0.1, 0.15) is 0 Å². The van der Waals surface area contributed by atoms with Crippen LogP contribution in [0.3, 0.4) is 0 Å². The zero-order chi connectivity index (χ0) is 25.2. The third-order valence-corrected chi connectivity index (χ3v) is 7.91. The third kappa shape index (κ3) is 4.99. The maximum Gasteiger partial charge on any atom is 0.409 e. The molecule has 5 rings (SSSR count). The molecule has 10 nitrogen and oxygen atoms in total. The first-order valence-corrected chi connectivity index (χ1v) is 13.2. The van der Waals surface area contributed by atoms with Gasteiger partial charge in [0.25, 0.3) is 0 Å². The van der Waals surface area contributed by atoms with E-state index in [1.54, 1.807) is 4.90 Å². The lowest BCUT2D eigenvalue weighted by atomic mass is 9.83. The first kappa shape index (κ1) is 24.4. The average Bonchev–Trinajstić information content (AvgIpc) is 3.20. The number of benzene rings is 1. The zero-order valence-corrected chi connectivity index (χ0v) is 21.2. The molecule has 0 spiro atoms. The Bertz CT molecular complexity index is 1130. The standard InChI is InChI=1S/C26H36N6O4/c1-3-36-26(35)31-13-8-19(9-14-31)16-18-6-11-30(12-7-18)20-4-5-21-22(17-20)29(2)28-24(21)32-15-10-23(33)27-25(32)34/h4-5,17-19H,3,6-16H2,1-2H3,(H,27,33,34). The molecule has 0 aliphatic carbocycles. The van der Waals surface area contributed by atoms with Gasteiger partial charge in [-0.15, -0.1) is 0 Å². The molecule has 2 aromatic rings. The molecule has 1 aromatic carbocycles. The SMILES string of the molecule is CCOC(=O)N1CCC(CC2CCN(c3ccc4c(N5CCC(=O)NC5=O)nn(C)c4c3)CC2)CC1. The summed E-state index contributed by atoms with van der Waals surface area (Å²) in [7, 11) is 1.89. The molecule has 0 atom stereocenters. The molecular weight excluding hydrogens is 460 g/mol. The lowest BCUT2D eigenvalue weighted by Gasteiger charge is -2.37. The van der Waals surface area contributed by atoms with E-state index in [4.69, 9.17) is 4.74 Å². The fourth-order valence-corrected chi connectivity index (χ4v) is 5.85. The van der Waals surface area contributed by atoms with Crippen LogP contribution >= 0.6 is 0 Å². The van der Waals surface area contributed by atoms with Crippen molar-refractivity contribution >= 4 is 40.4 Å². The van der Waals surface area contributed by atoms with E-state index >= 15 is 0 Å². The van der Waals surface area contributed by atoms with Crippen LogP contribution in [0.2, 0.25) is 0 Å². The van der Waals surface area contributed by atoms with Gasteiger partial charge in [0, 0.05) is 57.3 Å². The van der Waals surface area contributed by atoms with Gasteiger partial charge in [0.05, 0.1) is 12.1 Å². The number of nitrogens with zero attached hydrogens (tertiary/aromatic N) is 5. The van der Waals surface area contributed by atoms with Crippen LogP contribution in [0.15, 0.2) is 18.2 Å². The molecule has 1 aromatic heterocycles. The summed E-state index contributed by atoms with van der Waals surface area (Å²) >= 11 is 0. The van der Waals surface area contributed by atoms with Crippen molar-refractivity contribution in [2.45, 2.75) is 45.4 Å². The van der Waals surface area contributed by atoms with Crippen molar-refractivity contribution < 1.29 is 19.1 Å². The van der Waals surface area contributed by atoms with Gasteiger partial charge in [-0.3, -0.25) is 19.7 Å². The van der Waals surface area contributed by atoms with Crippen LogP contribution in [0.25, 0.3) is 10.9 Å². The molecule has 36 heavy (non-hydrogen) atoms. The van der Waals surface area contributed by atoms with E-state index in [2.05, 4.69) is 27.4 Å². The molecule has 3 saturated heterocycles. The number of anilines is 2. The van der Waals surface area contributed by atoms with Crippen molar-refractivity contribution in [2.24, 2.45) is 18.9 Å². The van der Waals surface area contributed by atoms with Crippen LogP contribution in [-0.2, 0) is 16.6 Å². The van der Waals surface area contributed by atoms with E-state index in [0.717, 1.165) is 55.8 Å². The molecule has 0 unspecified atom stereocenters. The second-order valence-corrected chi connectivity index (χ2v) is 10.2. The van der Waals surface area contributed by atoms with Crippen LogP contribution in [0, 0.1) is 11.8 Å². The number of fused-ring (bicyclic) bond motifs is 1. The molecule has 3 fully saturated rings. The molecule has 0 radical (unpaired) electrons. The van der Waals surface area contributed by atoms with Crippen molar-refractivity contribution in [1.29, 1.82) is 0 Å². The number of aromatic nitrogens is 2. The quantitative estimate of drug-likeness (QED) is 0.680. The van der Waals surface area contributed by atoms with Crippen LogP contribution in [0.4, 0.5) is 21.1 Å². The van der Waals surface area contributed by atoms with Gasteiger partial charge in [-0.05, 0) is 69.1 Å². The summed E-state index contributed by atoms with van der Waals surface area (Å²) in [5.41, 5.74) is 2.15. The molecule has 0 bridgehead atoms. The smallest absolute Gasteiger partial charge is 0.409 e. The van der Waals surface area contributed by atoms with Crippen LogP contribution < -0.4 is 15.1 Å². The number of hydrogen-bond donors (Lipinski definition) is 1. The number of likely N-dealkylation sites (tertiary alicyclic amines) is 1. The number of carbonyl (C=O) groups is 3. The van der Waals surface area contributed by atoms with Crippen molar-refractivity contribution in [1.82, 2.24) is 20.0 Å². The lowest BCUT2D eigenvalue weighted by molar-refractivity contribution is -0.120. The summed E-state index contributed by atoms with van der Waals surface area (Å²) in [4.78, 5) is 41.6. The second-order valence-electron chi connectivity index (χ2n) is 10.2. The number of urea groups is 1. The lowest BCUT2D eigenvalue weighted by Crippen LogP contribution is -2.49. The van der Waals surface area contributed by atoms with Crippen LogP contribution in [0.5, 0.6) is 0 Å². The fraction of sp³-hybridized carbons (Fsp3) is 0.615. The number of imide groups is 1. The minimum atomic E-state index is -0.413. The molecule has 10 heteroatoms. The van der Waals surface area contributed by atoms with Gasteiger partial charge >= 0.3 is 12.1 Å². The maximum absolute atomic E-state index is 12.3. The monoisotopic (exact) mass is 496 g/mol. The molecular formula is C26H36N6O4. The Morgan fingerprint density at radius 3 is 2.42 bits per heavy atom. The Morgan fingerprint density at radius 1 is 1.06 bits per heavy atom. The number of nitrogens with one attached hydrogen (secondary N) is 1. The summed E-state index contributed by atoms with van der Waals surface area (Å²) in [6, 6.07) is 5.90. The van der Waals surface area contributed by atoms with Gasteiger partial charge in [-0.25, -0.2) is 9.59 Å². The Hall–Kier alpha value is -3.30. The van der Waals surface area contributed by atoms with Crippen molar-refractivity contribution in [2.75, 3.05) is 49.1 Å². The molecule has 4 amide bonds. The van der Waals surface area contributed by atoms with Gasteiger partial charge in [0.2, 0.25) is 5.91 Å². The highest BCUT2D eigenvalue weighted by Gasteiger charge is 2.30. The van der Waals surface area contributed by atoms with Crippen molar-refractivity contribution in [3.05, 3.63) is 18.2 Å². The normalized spacial score (nSPS) is 20.2. The third-order valence-electron chi connectivity index (χ3n) is 7.91. The molecule has 1 N–H and O–H groups in total. The van der Waals surface area contributed by atoms with E-state index in [0.29, 0.717) is 24.9 Å². The Labute approximate surface area is 211 Å². The van der Waals surface area contributed by atoms with Crippen LogP contribution in [0.1, 0.15) is 45.4 Å². The first-order valence-electron chi connectivity index (χ1n) is 13.2. The predicted molar refractivity (Wildman–Crippen MR) is 137 cm³/mol. The van der Waals surface area contributed by atoms with Gasteiger partial charge in [-0.1, -0.05) is 0 Å². The summed E-state index contributed by atoms with van der Waals surface area (Å²) in [5, 5.41) is 7.89. The molecule has 3 aliphatic rings. The minimum Gasteiger partial charge on any atom is -0.450 e. The first-order chi connectivity index (χ1) is 17.4. The minimum absolute atomic E-state index is 0.170. The Kier molecular flexibility index (Phi) is 7.02. The largest absolute Gasteiger partial charge is 0.450 e. The number of hydrogen-bond acceptors (Lipinski definition) is 6. The zero-order valence-electron chi connectivity index (χ0n) is 21.2. The number of carbonyl (C=O) groups excluding carboxylic acids is 3. The number of ether oxygens (including phenoxy) is 1. The molecule has 3 aliphatic heterocycles. The van der Waals surface area contributed by atoms with Crippen molar-refractivity contribution in [3.8, 4) is 0 Å².